The second-order valence-electron chi connectivity index (χ2n) is 4.53. The lowest BCUT2D eigenvalue weighted by Crippen LogP contribution is -2.47. The first-order chi connectivity index (χ1) is 9.38. The number of halogens is 1. The molecule has 0 aliphatic heterocycles. The lowest BCUT2D eigenvalue weighted by Gasteiger charge is -2.27. The van der Waals surface area contributed by atoms with Crippen molar-refractivity contribution in [2.45, 2.75) is 19.9 Å². The quantitative estimate of drug-likeness (QED) is 0.867. The van der Waals surface area contributed by atoms with Crippen molar-refractivity contribution in [1.82, 2.24) is 4.90 Å². The number of carbonyl (C=O) groups excluding carboxylic acids is 2. The molecule has 0 saturated heterocycles. The Hall–Kier alpha value is -1.59. The zero-order chi connectivity index (χ0) is 15.3. The Morgan fingerprint density at radius 1 is 1.45 bits per heavy atom. The molecule has 2 N–H and O–H groups in total. The van der Waals surface area contributed by atoms with Gasteiger partial charge in [0.05, 0.1) is 6.61 Å². The van der Waals surface area contributed by atoms with Crippen LogP contribution in [0, 0.1) is 6.92 Å². The fourth-order valence-corrected chi connectivity index (χ4v) is 1.89. The maximum atomic E-state index is 12.5. The van der Waals surface area contributed by atoms with Crippen LogP contribution >= 0.6 is 11.6 Å². The van der Waals surface area contributed by atoms with Gasteiger partial charge in [-0.3, -0.25) is 9.59 Å². The third kappa shape index (κ3) is 3.95. The number of nitrogens with two attached hydrogens (primary N) is 1. The van der Waals surface area contributed by atoms with Gasteiger partial charge in [-0.25, -0.2) is 0 Å². The van der Waals surface area contributed by atoms with Gasteiger partial charge in [0.1, 0.15) is 6.04 Å². The second kappa shape index (κ2) is 7.26. The summed E-state index contributed by atoms with van der Waals surface area (Å²) in [5.74, 6) is -0.858. The van der Waals surface area contributed by atoms with Gasteiger partial charge in [-0.2, -0.15) is 0 Å². The molecule has 0 spiro atoms. The Kier molecular flexibility index (Phi) is 5.98. The Labute approximate surface area is 123 Å². The Bertz CT molecular complexity index is 505. The lowest BCUT2D eigenvalue weighted by atomic mass is 10.1. The normalized spacial score (nSPS) is 12.0. The molecule has 0 fully saturated rings. The van der Waals surface area contributed by atoms with Gasteiger partial charge in [-0.05, 0) is 31.5 Å². The highest BCUT2D eigenvalue weighted by Crippen LogP contribution is 2.18. The number of amides is 2. The molecule has 0 heterocycles. The van der Waals surface area contributed by atoms with E-state index in [1.54, 1.807) is 25.1 Å². The van der Waals surface area contributed by atoms with Crippen LogP contribution < -0.4 is 5.73 Å². The molecule has 5 nitrogen and oxygen atoms in total. The Morgan fingerprint density at radius 3 is 2.60 bits per heavy atom. The lowest BCUT2D eigenvalue weighted by molar-refractivity contribution is -0.122. The first-order valence-electron chi connectivity index (χ1n) is 6.23. The van der Waals surface area contributed by atoms with Gasteiger partial charge >= 0.3 is 0 Å². The van der Waals surface area contributed by atoms with Crippen LogP contribution in [-0.2, 0) is 9.53 Å². The molecule has 1 atom stereocenters. The van der Waals surface area contributed by atoms with Crippen LogP contribution in [0.5, 0.6) is 0 Å². The SMILES string of the molecule is COCCN(C(=O)c1ccc(C)c(Cl)c1)[C@H](C)C(N)=O. The van der Waals surface area contributed by atoms with E-state index in [9.17, 15) is 9.59 Å². The third-order valence-electron chi connectivity index (χ3n) is 3.10. The molecular weight excluding hydrogens is 280 g/mol. The van der Waals surface area contributed by atoms with Crippen LogP contribution in [0.25, 0.3) is 0 Å². The van der Waals surface area contributed by atoms with Gasteiger partial charge in [0.2, 0.25) is 5.91 Å². The molecule has 0 bridgehead atoms. The minimum absolute atomic E-state index is 0.283. The third-order valence-corrected chi connectivity index (χ3v) is 3.50. The maximum absolute atomic E-state index is 12.5. The van der Waals surface area contributed by atoms with E-state index in [1.807, 2.05) is 6.92 Å². The molecule has 1 rings (SSSR count). The fourth-order valence-electron chi connectivity index (χ4n) is 1.71. The first kappa shape index (κ1) is 16.5. The van der Waals surface area contributed by atoms with E-state index in [2.05, 4.69) is 0 Å². The molecule has 0 aliphatic rings. The fraction of sp³-hybridized carbons (Fsp3) is 0.429. The molecule has 20 heavy (non-hydrogen) atoms. The number of hydrogen-bond donors (Lipinski definition) is 1. The van der Waals surface area contributed by atoms with Gasteiger partial charge < -0.3 is 15.4 Å². The monoisotopic (exact) mass is 298 g/mol. The first-order valence-corrected chi connectivity index (χ1v) is 6.61. The molecule has 0 aliphatic carbocycles. The van der Waals surface area contributed by atoms with Crippen molar-refractivity contribution in [2.24, 2.45) is 5.73 Å². The predicted molar refractivity (Wildman–Crippen MR) is 77.8 cm³/mol. The van der Waals surface area contributed by atoms with Crippen LogP contribution in [0.2, 0.25) is 5.02 Å². The minimum Gasteiger partial charge on any atom is -0.383 e. The van der Waals surface area contributed by atoms with Crippen LogP contribution in [0.3, 0.4) is 0 Å². The number of ether oxygens (including phenoxy) is 1. The van der Waals surface area contributed by atoms with E-state index in [0.717, 1.165) is 5.56 Å². The van der Waals surface area contributed by atoms with E-state index in [-0.39, 0.29) is 12.5 Å². The van der Waals surface area contributed by atoms with Gasteiger partial charge in [-0.1, -0.05) is 17.7 Å². The van der Waals surface area contributed by atoms with Crippen molar-refractivity contribution in [3.63, 3.8) is 0 Å². The number of hydrogen-bond acceptors (Lipinski definition) is 3. The number of methoxy groups -OCH3 is 1. The van der Waals surface area contributed by atoms with Crippen molar-refractivity contribution >= 4 is 23.4 Å². The number of benzene rings is 1. The topological polar surface area (TPSA) is 72.6 Å². The summed E-state index contributed by atoms with van der Waals surface area (Å²) < 4.78 is 4.96. The average Bonchev–Trinajstić information content (AvgIpc) is 2.41. The Morgan fingerprint density at radius 2 is 2.10 bits per heavy atom. The van der Waals surface area contributed by atoms with Crippen LogP contribution in [0.4, 0.5) is 0 Å². The van der Waals surface area contributed by atoms with Crippen molar-refractivity contribution in [1.29, 1.82) is 0 Å². The number of rotatable bonds is 6. The molecule has 110 valence electrons. The molecule has 2 amide bonds. The molecule has 0 aromatic heterocycles. The smallest absolute Gasteiger partial charge is 0.254 e. The van der Waals surface area contributed by atoms with Crippen LogP contribution in [0.1, 0.15) is 22.8 Å². The molecule has 0 saturated carbocycles. The summed E-state index contributed by atoms with van der Waals surface area (Å²) in [6, 6.07) is 4.32. The van der Waals surface area contributed by atoms with Gasteiger partial charge in [-0.15, -0.1) is 0 Å². The van der Waals surface area contributed by atoms with Gasteiger partial charge in [0.25, 0.3) is 5.91 Å². The van der Waals surface area contributed by atoms with E-state index >= 15 is 0 Å². The summed E-state index contributed by atoms with van der Waals surface area (Å²) in [6.45, 7) is 4.05. The number of carbonyl (C=O) groups is 2. The highest BCUT2D eigenvalue weighted by atomic mass is 35.5. The van der Waals surface area contributed by atoms with E-state index in [1.165, 1.54) is 12.0 Å². The minimum atomic E-state index is -0.710. The van der Waals surface area contributed by atoms with Crippen molar-refractivity contribution in [3.8, 4) is 0 Å². The second-order valence-corrected chi connectivity index (χ2v) is 4.94. The zero-order valence-corrected chi connectivity index (χ0v) is 12.6. The van der Waals surface area contributed by atoms with E-state index in [4.69, 9.17) is 22.1 Å². The highest BCUT2D eigenvalue weighted by Gasteiger charge is 2.25. The number of aryl methyl sites for hydroxylation is 1. The highest BCUT2D eigenvalue weighted by molar-refractivity contribution is 6.31. The van der Waals surface area contributed by atoms with E-state index < -0.39 is 11.9 Å². The maximum Gasteiger partial charge on any atom is 0.254 e. The van der Waals surface area contributed by atoms with Crippen molar-refractivity contribution in [2.75, 3.05) is 20.3 Å². The number of nitrogens with zero attached hydrogens (tertiary/aromatic N) is 1. The van der Waals surface area contributed by atoms with Gasteiger partial charge in [0, 0.05) is 24.2 Å². The van der Waals surface area contributed by atoms with E-state index in [0.29, 0.717) is 17.2 Å². The zero-order valence-electron chi connectivity index (χ0n) is 11.9. The average molecular weight is 299 g/mol. The van der Waals surface area contributed by atoms with Crippen molar-refractivity contribution in [3.05, 3.63) is 34.3 Å². The summed E-state index contributed by atoms with van der Waals surface area (Å²) in [6.07, 6.45) is 0. The molecular formula is C14H19ClN2O3. The van der Waals surface area contributed by atoms with Crippen molar-refractivity contribution < 1.29 is 14.3 Å². The molecule has 1 aromatic carbocycles. The van der Waals surface area contributed by atoms with Crippen LogP contribution in [0.15, 0.2) is 18.2 Å². The summed E-state index contributed by atoms with van der Waals surface area (Å²) in [5.41, 5.74) is 6.58. The molecule has 1 aromatic rings. The predicted octanol–water partition coefficient (Wildman–Crippen LogP) is 1.61. The summed E-state index contributed by atoms with van der Waals surface area (Å²) in [5, 5.41) is 0.509. The standard InChI is InChI=1S/C14H19ClN2O3/c1-9-4-5-11(8-12(9)15)14(19)17(6-7-20-3)10(2)13(16)18/h4-5,8,10H,6-7H2,1-3H3,(H2,16,18)/t10-/m1/s1. The van der Waals surface area contributed by atoms with Crippen LogP contribution in [-0.4, -0.2) is 43.0 Å². The summed E-state index contributed by atoms with van der Waals surface area (Å²) >= 11 is 6.02. The molecule has 0 unspecified atom stereocenters. The number of primary amides is 1. The molecule has 0 radical (unpaired) electrons. The Balaban J connectivity index is 3.02. The summed E-state index contributed by atoms with van der Waals surface area (Å²) in [4.78, 5) is 25.2. The molecule has 6 heteroatoms. The largest absolute Gasteiger partial charge is 0.383 e. The van der Waals surface area contributed by atoms with Gasteiger partial charge in [0.15, 0.2) is 0 Å². The summed E-state index contributed by atoms with van der Waals surface area (Å²) in [7, 11) is 1.53.